The van der Waals surface area contributed by atoms with E-state index in [9.17, 15) is 8.42 Å². The van der Waals surface area contributed by atoms with E-state index in [4.69, 9.17) is 20.2 Å². The van der Waals surface area contributed by atoms with Gasteiger partial charge in [0.1, 0.15) is 10.4 Å². The van der Waals surface area contributed by atoms with Gasteiger partial charge >= 0.3 is 10.1 Å². The molecule has 3 aromatic carbocycles. The zero-order valence-corrected chi connectivity index (χ0v) is 16.7. The second-order valence-corrected chi connectivity index (χ2v) is 8.44. The Morgan fingerprint density at radius 3 is 2.36 bits per heavy atom. The Labute approximate surface area is 167 Å². The molecule has 1 heterocycles. The van der Waals surface area contributed by atoms with Crippen molar-refractivity contribution in [3.05, 3.63) is 76.8 Å². The normalized spacial score (nSPS) is 11.7. The molecule has 0 aliphatic rings. The topological polar surface area (TPSA) is 69.4 Å². The first kappa shape index (κ1) is 18.5. The highest BCUT2D eigenvalue weighted by molar-refractivity contribution is 7.87. The molecule has 0 saturated heterocycles. The van der Waals surface area contributed by atoms with E-state index >= 15 is 0 Å². The molecule has 4 aromatic rings. The molecule has 142 valence electrons. The average Bonchev–Trinajstić information content (AvgIpc) is 3.07. The molecule has 0 spiro atoms. The average molecular weight is 414 g/mol. The fraction of sp³-hybridized carbons (Fsp3) is 0.0952. The Morgan fingerprint density at radius 2 is 1.64 bits per heavy atom. The van der Waals surface area contributed by atoms with Crippen LogP contribution in [0.25, 0.3) is 22.6 Å². The molecule has 4 rings (SSSR count). The van der Waals surface area contributed by atoms with Crippen molar-refractivity contribution in [2.24, 2.45) is 0 Å². The first-order chi connectivity index (χ1) is 13.3. The molecule has 0 unspecified atom stereocenters. The summed E-state index contributed by atoms with van der Waals surface area (Å²) < 4.78 is 35.9. The molecule has 5 nitrogen and oxygen atoms in total. The van der Waals surface area contributed by atoms with Crippen LogP contribution in [-0.4, -0.2) is 13.4 Å². The smallest absolute Gasteiger partial charge is 0.339 e. The molecule has 0 bridgehead atoms. The Kier molecular flexibility index (Phi) is 4.61. The van der Waals surface area contributed by atoms with Crippen LogP contribution in [-0.2, 0) is 10.1 Å². The number of oxazole rings is 1. The molecule has 0 saturated carbocycles. The Balaban J connectivity index is 1.64. The van der Waals surface area contributed by atoms with E-state index in [1.807, 2.05) is 32.0 Å². The summed E-state index contributed by atoms with van der Waals surface area (Å²) in [5, 5.41) is 0.145. The number of benzene rings is 3. The van der Waals surface area contributed by atoms with E-state index in [2.05, 4.69) is 4.98 Å². The predicted octanol–water partition coefficient (Wildman–Crippen LogP) is 5.53. The van der Waals surface area contributed by atoms with Gasteiger partial charge in [-0.2, -0.15) is 8.42 Å². The minimum absolute atomic E-state index is 0.0398. The molecular formula is C21H16ClNO4S. The third-order valence-corrected chi connectivity index (χ3v) is 5.77. The maximum atomic E-state index is 12.5. The third-order valence-electron chi connectivity index (χ3n) is 4.23. The Bertz CT molecular complexity index is 1280. The lowest BCUT2D eigenvalue weighted by atomic mass is 10.2. The summed E-state index contributed by atoms with van der Waals surface area (Å²) in [7, 11) is -3.98. The van der Waals surface area contributed by atoms with Gasteiger partial charge in [0.2, 0.25) is 5.89 Å². The molecule has 0 radical (unpaired) electrons. The summed E-state index contributed by atoms with van der Waals surface area (Å²) in [6.07, 6.45) is 0. The lowest BCUT2D eigenvalue weighted by Gasteiger charge is -2.09. The minimum Gasteiger partial charge on any atom is -0.436 e. The summed E-state index contributed by atoms with van der Waals surface area (Å²) in [6.45, 7) is 3.85. The summed E-state index contributed by atoms with van der Waals surface area (Å²) >= 11 is 6.26. The lowest BCUT2D eigenvalue weighted by molar-refractivity contribution is 0.486. The predicted molar refractivity (Wildman–Crippen MR) is 108 cm³/mol. The Hall–Kier alpha value is -2.83. The van der Waals surface area contributed by atoms with Gasteiger partial charge in [-0.05, 0) is 61.9 Å². The highest BCUT2D eigenvalue weighted by Gasteiger charge is 2.19. The van der Waals surface area contributed by atoms with Gasteiger partial charge in [0.05, 0.1) is 5.02 Å². The van der Waals surface area contributed by atoms with Gasteiger partial charge < -0.3 is 8.60 Å². The molecule has 7 heteroatoms. The van der Waals surface area contributed by atoms with E-state index in [1.54, 1.807) is 24.3 Å². The number of aryl methyl sites for hydroxylation is 2. The van der Waals surface area contributed by atoms with Crippen molar-refractivity contribution < 1.29 is 17.0 Å². The van der Waals surface area contributed by atoms with Crippen LogP contribution in [0.3, 0.4) is 0 Å². The quantitative estimate of drug-likeness (QED) is 0.411. The number of hydrogen-bond donors (Lipinski definition) is 0. The molecule has 28 heavy (non-hydrogen) atoms. The molecular weight excluding hydrogens is 398 g/mol. The first-order valence-electron chi connectivity index (χ1n) is 8.50. The molecule has 1 aromatic heterocycles. The van der Waals surface area contributed by atoms with Gasteiger partial charge in [0.15, 0.2) is 11.3 Å². The summed E-state index contributed by atoms with van der Waals surface area (Å²) in [6, 6.07) is 16.8. The van der Waals surface area contributed by atoms with E-state index in [1.165, 1.54) is 18.2 Å². The number of halogens is 1. The highest BCUT2D eigenvalue weighted by Crippen LogP contribution is 2.33. The SMILES string of the molecule is Cc1ccc(S(=O)(=O)Oc2ccc(-c3nc4cc(C)ccc4o3)cc2Cl)cc1. The van der Waals surface area contributed by atoms with E-state index in [0.717, 1.165) is 16.6 Å². The van der Waals surface area contributed by atoms with Crippen molar-refractivity contribution in [2.45, 2.75) is 18.7 Å². The number of rotatable bonds is 4. The van der Waals surface area contributed by atoms with Gasteiger partial charge in [-0.15, -0.1) is 0 Å². The summed E-state index contributed by atoms with van der Waals surface area (Å²) in [5.41, 5.74) is 4.07. The zero-order valence-electron chi connectivity index (χ0n) is 15.1. The second-order valence-electron chi connectivity index (χ2n) is 6.49. The third kappa shape index (κ3) is 3.61. The number of nitrogens with zero attached hydrogens (tertiary/aromatic N) is 1. The fourth-order valence-electron chi connectivity index (χ4n) is 2.73. The molecule has 0 aliphatic heterocycles. The van der Waals surface area contributed by atoms with Crippen LogP contribution < -0.4 is 4.18 Å². The van der Waals surface area contributed by atoms with Crippen LogP contribution in [0.4, 0.5) is 0 Å². The van der Waals surface area contributed by atoms with Crippen molar-refractivity contribution in [1.82, 2.24) is 4.98 Å². The van der Waals surface area contributed by atoms with Crippen LogP contribution in [0.1, 0.15) is 11.1 Å². The van der Waals surface area contributed by atoms with E-state index < -0.39 is 10.1 Å². The maximum absolute atomic E-state index is 12.5. The van der Waals surface area contributed by atoms with Crippen LogP contribution in [0, 0.1) is 13.8 Å². The maximum Gasteiger partial charge on any atom is 0.339 e. The van der Waals surface area contributed by atoms with E-state index in [0.29, 0.717) is 17.0 Å². The molecule has 0 aliphatic carbocycles. The second kappa shape index (κ2) is 6.96. The van der Waals surface area contributed by atoms with Gasteiger partial charge in [-0.1, -0.05) is 35.4 Å². The first-order valence-corrected chi connectivity index (χ1v) is 10.3. The van der Waals surface area contributed by atoms with Gasteiger partial charge in [-0.3, -0.25) is 0 Å². The van der Waals surface area contributed by atoms with Crippen LogP contribution in [0.2, 0.25) is 5.02 Å². The van der Waals surface area contributed by atoms with Gasteiger partial charge in [0, 0.05) is 5.56 Å². The van der Waals surface area contributed by atoms with Crippen molar-refractivity contribution >= 4 is 32.8 Å². The summed E-state index contributed by atoms with van der Waals surface area (Å²) in [4.78, 5) is 4.52. The number of fused-ring (bicyclic) bond motifs is 1. The molecule has 0 N–H and O–H groups in total. The lowest BCUT2D eigenvalue weighted by Crippen LogP contribution is -2.10. The van der Waals surface area contributed by atoms with Crippen molar-refractivity contribution in [3.63, 3.8) is 0 Å². The molecule has 0 atom stereocenters. The summed E-state index contributed by atoms with van der Waals surface area (Å²) in [5.74, 6) is 0.438. The minimum atomic E-state index is -3.98. The van der Waals surface area contributed by atoms with Crippen LogP contribution >= 0.6 is 11.6 Å². The van der Waals surface area contributed by atoms with Gasteiger partial charge in [0.25, 0.3) is 0 Å². The molecule has 0 fully saturated rings. The van der Waals surface area contributed by atoms with Gasteiger partial charge in [-0.25, -0.2) is 4.98 Å². The van der Waals surface area contributed by atoms with E-state index in [-0.39, 0.29) is 15.7 Å². The van der Waals surface area contributed by atoms with Crippen molar-refractivity contribution in [1.29, 1.82) is 0 Å². The van der Waals surface area contributed by atoms with Crippen molar-refractivity contribution in [2.75, 3.05) is 0 Å². The van der Waals surface area contributed by atoms with Crippen molar-refractivity contribution in [3.8, 4) is 17.2 Å². The number of aromatic nitrogens is 1. The fourth-order valence-corrected chi connectivity index (χ4v) is 3.95. The Morgan fingerprint density at radius 1 is 0.929 bits per heavy atom. The largest absolute Gasteiger partial charge is 0.436 e. The van der Waals surface area contributed by atoms with Crippen LogP contribution in [0.15, 0.2) is 70.0 Å². The molecule has 0 amide bonds. The highest BCUT2D eigenvalue weighted by atomic mass is 35.5. The van der Waals surface area contributed by atoms with Crippen LogP contribution in [0.5, 0.6) is 5.75 Å². The zero-order chi connectivity index (χ0) is 19.9. The standard InChI is InChI=1S/C21H16ClNO4S/c1-13-3-7-16(8-4-13)28(24,25)27-19-10-6-15(12-17(19)22)21-23-18-11-14(2)5-9-20(18)26-21/h3-12H,1-2H3. The number of hydrogen-bond acceptors (Lipinski definition) is 5. The monoisotopic (exact) mass is 413 g/mol.